The summed E-state index contributed by atoms with van der Waals surface area (Å²) in [5.74, 6) is -0.191. The Morgan fingerprint density at radius 1 is 1.37 bits per heavy atom. The zero-order chi connectivity index (χ0) is 13.5. The van der Waals surface area contributed by atoms with Gasteiger partial charge in [-0.2, -0.15) is 0 Å². The number of hydrogen-bond acceptors (Lipinski definition) is 2. The highest BCUT2D eigenvalue weighted by Crippen LogP contribution is 2.05. The quantitative estimate of drug-likeness (QED) is 0.844. The molecule has 0 aliphatic rings. The molecule has 0 saturated carbocycles. The molecule has 0 aliphatic heterocycles. The normalized spacial score (nSPS) is 13.3. The Morgan fingerprint density at radius 3 is 2.47 bits per heavy atom. The van der Waals surface area contributed by atoms with Crippen molar-refractivity contribution < 1.29 is 9.18 Å². The summed E-state index contributed by atoms with van der Waals surface area (Å²) in [5, 5.41) is 2.80. The maximum absolute atomic E-state index is 12.7. The second kappa shape index (κ2) is 8.88. The molecule has 5 heteroatoms. The van der Waals surface area contributed by atoms with Gasteiger partial charge in [0.25, 0.3) is 0 Å². The molecule has 1 aromatic carbocycles. The van der Waals surface area contributed by atoms with Crippen molar-refractivity contribution in [1.82, 2.24) is 5.32 Å². The van der Waals surface area contributed by atoms with Crippen LogP contribution >= 0.6 is 12.4 Å². The van der Waals surface area contributed by atoms with E-state index < -0.39 is 6.04 Å². The predicted octanol–water partition coefficient (Wildman–Crippen LogP) is 2.28. The molecule has 0 spiro atoms. The summed E-state index contributed by atoms with van der Waals surface area (Å²) < 4.78 is 12.7. The van der Waals surface area contributed by atoms with Crippen LogP contribution in [-0.4, -0.2) is 18.5 Å². The molecule has 1 amide bonds. The minimum absolute atomic E-state index is 0. The van der Waals surface area contributed by atoms with E-state index >= 15 is 0 Å². The largest absolute Gasteiger partial charge is 0.354 e. The van der Waals surface area contributed by atoms with E-state index in [4.69, 9.17) is 5.73 Å². The molecule has 3 N–H and O–H groups in total. The van der Waals surface area contributed by atoms with Crippen LogP contribution in [0.3, 0.4) is 0 Å². The van der Waals surface area contributed by atoms with Gasteiger partial charge in [0.15, 0.2) is 0 Å². The first-order valence-corrected chi connectivity index (χ1v) is 6.32. The highest BCUT2D eigenvalue weighted by Gasteiger charge is 2.18. The molecule has 0 aliphatic carbocycles. The van der Waals surface area contributed by atoms with Gasteiger partial charge in [-0.1, -0.05) is 32.4 Å². The van der Waals surface area contributed by atoms with Crippen LogP contribution in [0.5, 0.6) is 0 Å². The van der Waals surface area contributed by atoms with Crippen molar-refractivity contribution in [3.63, 3.8) is 0 Å². The summed E-state index contributed by atoms with van der Waals surface area (Å²) >= 11 is 0. The van der Waals surface area contributed by atoms with E-state index in [1.807, 2.05) is 13.8 Å². The summed E-state index contributed by atoms with van der Waals surface area (Å²) in [4.78, 5) is 11.7. The average Bonchev–Trinajstić information content (AvgIpc) is 2.39. The third kappa shape index (κ3) is 6.03. The molecule has 1 aromatic rings. The van der Waals surface area contributed by atoms with Crippen molar-refractivity contribution in [2.45, 2.75) is 32.7 Å². The molecule has 0 heterocycles. The second-order valence-electron chi connectivity index (χ2n) is 4.58. The maximum atomic E-state index is 12.7. The fraction of sp³-hybridized carbons (Fsp3) is 0.500. The Bertz CT molecular complexity index is 384. The summed E-state index contributed by atoms with van der Waals surface area (Å²) in [6.07, 6.45) is 1.56. The Balaban J connectivity index is 0.00000324. The highest BCUT2D eigenvalue weighted by molar-refractivity contribution is 5.85. The third-order valence-electron chi connectivity index (χ3n) is 3.19. The van der Waals surface area contributed by atoms with Gasteiger partial charge in [-0.25, -0.2) is 4.39 Å². The molecule has 1 rings (SSSR count). The van der Waals surface area contributed by atoms with Gasteiger partial charge in [0.05, 0.1) is 6.04 Å². The number of nitrogens with two attached hydrogens (primary N) is 1. The number of amides is 1. The fourth-order valence-corrected chi connectivity index (χ4v) is 1.61. The molecule has 2 unspecified atom stereocenters. The van der Waals surface area contributed by atoms with Gasteiger partial charge >= 0.3 is 0 Å². The summed E-state index contributed by atoms with van der Waals surface area (Å²) in [6.45, 7) is 4.50. The number of carbonyl (C=O) groups is 1. The second-order valence-corrected chi connectivity index (χ2v) is 4.58. The predicted molar refractivity (Wildman–Crippen MR) is 77.8 cm³/mol. The molecule has 0 radical (unpaired) electrons. The van der Waals surface area contributed by atoms with Crippen molar-refractivity contribution in [3.05, 3.63) is 35.6 Å². The lowest BCUT2D eigenvalue weighted by molar-refractivity contribution is -0.123. The Hall–Kier alpha value is -1.13. The van der Waals surface area contributed by atoms with E-state index in [1.54, 1.807) is 12.1 Å². The van der Waals surface area contributed by atoms with E-state index in [0.29, 0.717) is 13.0 Å². The Morgan fingerprint density at radius 2 is 1.95 bits per heavy atom. The number of halogens is 2. The molecule has 19 heavy (non-hydrogen) atoms. The monoisotopic (exact) mass is 288 g/mol. The smallest absolute Gasteiger partial charge is 0.237 e. The number of hydrogen-bond donors (Lipinski definition) is 2. The molecule has 3 nitrogen and oxygen atoms in total. The van der Waals surface area contributed by atoms with Gasteiger partial charge in [0.2, 0.25) is 5.91 Å². The number of carbonyl (C=O) groups excluding carboxylic acids is 1. The number of rotatable bonds is 6. The van der Waals surface area contributed by atoms with Crippen molar-refractivity contribution in [2.75, 3.05) is 6.54 Å². The van der Waals surface area contributed by atoms with Crippen molar-refractivity contribution in [1.29, 1.82) is 0 Å². The van der Waals surface area contributed by atoms with E-state index in [-0.39, 0.29) is 30.0 Å². The van der Waals surface area contributed by atoms with Crippen LogP contribution in [0.4, 0.5) is 4.39 Å². The van der Waals surface area contributed by atoms with Gasteiger partial charge in [-0.3, -0.25) is 4.79 Å². The molecule has 0 bridgehead atoms. The first-order chi connectivity index (χ1) is 8.54. The first-order valence-electron chi connectivity index (χ1n) is 6.32. The topological polar surface area (TPSA) is 55.1 Å². The summed E-state index contributed by atoms with van der Waals surface area (Å²) in [5.41, 5.74) is 6.80. The molecule has 0 aromatic heterocycles. The molecule has 108 valence electrons. The van der Waals surface area contributed by atoms with E-state index in [1.165, 1.54) is 12.1 Å². The minimum atomic E-state index is -0.455. The standard InChI is InChI=1S/C14H21FN2O.ClH/c1-3-10(2)13(16)14(18)17-9-8-11-4-6-12(15)7-5-11;/h4-7,10,13H,3,8-9,16H2,1-2H3,(H,17,18);1H. The summed E-state index contributed by atoms with van der Waals surface area (Å²) in [6, 6.07) is 5.82. The van der Waals surface area contributed by atoms with Crippen LogP contribution in [0.15, 0.2) is 24.3 Å². The molecular formula is C14H22ClFN2O. The molecule has 0 saturated heterocycles. The van der Waals surface area contributed by atoms with Crippen LogP contribution in [0.1, 0.15) is 25.8 Å². The van der Waals surface area contributed by atoms with Crippen LogP contribution in [0.25, 0.3) is 0 Å². The van der Waals surface area contributed by atoms with Gasteiger partial charge in [-0.15, -0.1) is 12.4 Å². The van der Waals surface area contributed by atoms with Gasteiger partial charge in [0, 0.05) is 6.54 Å². The molecule has 0 fully saturated rings. The van der Waals surface area contributed by atoms with Gasteiger partial charge < -0.3 is 11.1 Å². The number of benzene rings is 1. The Labute approximate surface area is 120 Å². The van der Waals surface area contributed by atoms with Gasteiger partial charge in [-0.05, 0) is 30.0 Å². The fourth-order valence-electron chi connectivity index (χ4n) is 1.61. The molecular weight excluding hydrogens is 267 g/mol. The maximum Gasteiger partial charge on any atom is 0.237 e. The lowest BCUT2D eigenvalue weighted by Crippen LogP contribution is -2.45. The Kier molecular flexibility index (Phi) is 8.35. The zero-order valence-corrected chi connectivity index (χ0v) is 12.2. The lowest BCUT2D eigenvalue weighted by Gasteiger charge is -2.17. The summed E-state index contributed by atoms with van der Waals surface area (Å²) in [7, 11) is 0. The van der Waals surface area contributed by atoms with E-state index in [2.05, 4.69) is 5.32 Å². The molecule has 2 atom stereocenters. The zero-order valence-electron chi connectivity index (χ0n) is 11.4. The first kappa shape index (κ1) is 17.9. The van der Waals surface area contributed by atoms with Crippen molar-refractivity contribution in [2.24, 2.45) is 11.7 Å². The van der Waals surface area contributed by atoms with Crippen LogP contribution < -0.4 is 11.1 Å². The van der Waals surface area contributed by atoms with Crippen LogP contribution in [-0.2, 0) is 11.2 Å². The van der Waals surface area contributed by atoms with Crippen molar-refractivity contribution >= 4 is 18.3 Å². The van der Waals surface area contributed by atoms with E-state index in [0.717, 1.165) is 12.0 Å². The van der Waals surface area contributed by atoms with Gasteiger partial charge in [0.1, 0.15) is 5.82 Å². The average molecular weight is 289 g/mol. The lowest BCUT2D eigenvalue weighted by atomic mass is 9.99. The van der Waals surface area contributed by atoms with Crippen LogP contribution in [0, 0.1) is 11.7 Å². The SMILES string of the molecule is CCC(C)C(N)C(=O)NCCc1ccc(F)cc1.Cl. The van der Waals surface area contributed by atoms with E-state index in [9.17, 15) is 9.18 Å². The number of nitrogens with one attached hydrogen (secondary N) is 1. The van der Waals surface area contributed by atoms with Crippen molar-refractivity contribution in [3.8, 4) is 0 Å². The van der Waals surface area contributed by atoms with Crippen LogP contribution in [0.2, 0.25) is 0 Å². The highest BCUT2D eigenvalue weighted by atomic mass is 35.5. The minimum Gasteiger partial charge on any atom is -0.354 e. The third-order valence-corrected chi connectivity index (χ3v) is 3.19.